The molecule has 0 aliphatic carbocycles. The van der Waals surface area contributed by atoms with E-state index < -0.39 is 8.07 Å². The summed E-state index contributed by atoms with van der Waals surface area (Å²) >= 11 is 0. The fourth-order valence-electron chi connectivity index (χ4n) is 7.65. The molecule has 8 aromatic rings. The summed E-state index contributed by atoms with van der Waals surface area (Å²) < 4.78 is 0. The normalized spacial score (nSPS) is 13.8. The zero-order valence-corrected chi connectivity index (χ0v) is 24.2. The van der Waals surface area contributed by atoms with Gasteiger partial charge in [-0.3, -0.25) is 0 Å². The van der Waals surface area contributed by atoms with Gasteiger partial charge in [0.2, 0.25) is 0 Å². The lowest BCUT2D eigenvalue weighted by atomic mass is 9.88. The first kappa shape index (κ1) is 23.0. The summed E-state index contributed by atoms with van der Waals surface area (Å²) in [7, 11) is -1.81. The molecule has 192 valence electrons. The summed E-state index contributed by atoms with van der Waals surface area (Å²) in [6.07, 6.45) is 0. The van der Waals surface area contributed by atoms with Crippen LogP contribution in [0.1, 0.15) is 0 Å². The highest BCUT2D eigenvalue weighted by Gasteiger charge is 2.35. The lowest BCUT2D eigenvalue weighted by molar-refractivity contribution is 1.61. The summed E-state index contributed by atoms with van der Waals surface area (Å²) in [5.41, 5.74) is 7.94. The van der Waals surface area contributed by atoms with Gasteiger partial charge < -0.3 is 0 Å². The van der Waals surface area contributed by atoms with Gasteiger partial charge in [-0.25, -0.2) is 0 Å². The van der Waals surface area contributed by atoms with Crippen molar-refractivity contribution in [2.24, 2.45) is 0 Å². The Morgan fingerprint density at radius 1 is 0.366 bits per heavy atom. The molecule has 8 aromatic carbocycles. The van der Waals surface area contributed by atoms with Crippen molar-refractivity contribution >= 4 is 61.5 Å². The second-order valence-corrected chi connectivity index (χ2v) is 16.4. The number of hydrogen-bond donors (Lipinski definition) is 0. The minimum absolute atomic E-state index is 1.26. The maximum absolute atomic E-state index is 2.50. The molecule has 1 aliphatic rings. The number of benzene rings is 8. The van der Waals surface area contributed by atoms with E-state index in [-0.39, 0.29) is 0 Å². The Morgan fingerprint density at radius 2 is 0.951 bits per heavy atom. The molecule has 0 fully saturated rings. The Bertz CT molecular complexity index is 2320. The summed E-state index contributed by atoms with van der Waals surface area (Å²) in [4.78, 5) is 0. The Kier molecular flexibility index (Phi) is 4.58. The Hall–Kier alpha value is -4.72. The average Bonchev–Trinajstić information content (AvgIpc) is 3.02. The largest absolute Gasteiger partial charge is 0.113 e. The van der Waals surface area contributed by atoms with Gasteiger partial charge >= 0.3 is 0 Å². The minimum atomic E-state index is -1.81. The fraction of sp³-hybridized carbons (Fsp3) is 0.0500. The van der Waals surface area contributed by atoms with Crippen LogP contribution in [0.4, 0.5) is 0 Å². The molecule has 41 heavy (non-hydrogen) atoms. The van der Waals surface area contributed by atoms with Crippen LogP contribution in [0.2, 0.25) is 13.1 Å². The SMILES string of the molecule is C[Si]1(C)c2ccccc2-c2cccc3c(-c4cccc(-c5ccc6ccc7cccc8ccc5c6c78)c4)ccc1c23. The van der Waals surface area contributed by atoms with E-state index in [1.165, 1.54) is 76.5 Å². The van der Waals surface area contributed by atoms with Gasteiger partial charge in [-0.15, -0.1) is 0 Å². The van der Waals surface area contributed by atoms with E-state index in [2.05, 4.69) is 147 Å². The van der Waals surface area contributed by atoms with Crippen LogP contribution >= 0.6 is 0 Å². The van der Waals surface area contributed by atoms with E-state index in [1.807, 2.05) is 0 Å². The molecule has 0 aromatic heterocycles. The van der Waals surface area contributed by atoms with Gasteiger partial charge in [0.25, 0.3) is 0 Å². The van der Waals surface area contributed by atoms with E-state index in [4.69, 9.17) is 0 Å². The van der Waals surface area contributed by atoms with Crippen LogP contribution in [0, 0.1) is 0 Å². The van der Waals surface area contributed by atoms with Crippen molar-refractivity contribution in [1.82, 2.24) is 0 Å². The summed E-state index contributed by atoms with van der Waals surface area (Å²) in [5, 5.41) is 13.9. The predicted octanol–water partition coefficient (Wildman–Crippen LogP) is 9.87. The summed E-state index contributed by atoms with van der Waals surface area (Å²) in [6.45, 7) is 5.01. The zero-order chi connectivity index (χ0) is 27.3. The van der Waals surface area contributed by atoms with Crippen LogP contribution in [0.5, 0.6) is 0 Å². The third kappa shape index (κ3) is 3.10. The number of hydrogen-bond acceptors (Lipinski definition) is 0. The number of fused-ring (bicyclic) bond motifs is 2. The van der Waals surface area contributed by atoms with Gasteiger partial charge in [0, 0.05) is 0 Å². The first-order valence-electron chi connectivity index (χ1n) is 14.5. The average molecular weight is 537 g/mol. The van der Waals surface area contributed by atoms with Crippen molar-refractivity contribution in [3.63, 3.8) is 0 Å². The van der Waals surface area contributed by atoms with Crippen LogP contribution < -0.4 is 10.4 Å². The van der Waals surface area contributed by atoms with Crippen molar-refractivity contribution in [3.05, 3.63) is 133 Å². The topological polar surface area (TPSA) is 0 Å². The molecular weight excluding hydrogens is 509 g/mol. The van der Waals surface area contributed by atoms with Crippen LogP contribution in [0.25, 0.3) is 76.5 Å². The van der Waals surface area contributed by atoms with Crippen molar-refractivity contribution in [2.45, 2.75) is 13.1 Å². The molecule has 0 saturated heterocycles. The van der Waals surface area contributed by atoms with Crippen molar-refractivity contribution < 1.29 is 0 Å². The van der Waals surface area contributed by atoms with Crippen molar-refractivity contribution in [2.75, 3.05) is 0 Å². The van der Waals surface area contributed by atoms with Gasteiger partial charge in [0.1, 0.15) is 8.07 Å². The molecule has 0 saturated carbocycles. The predicted molar refractivity (Wildman–Crippen MR) is 181 cm³/mol. The van der Waals surface area contributed by atoms with E-state index in [0.717, 1.165) is 0 Å². The van der Waals surface area contributed by atoms with Crippen LogP contribution in [-0.4, -0.2) is 8.07 Å². The fourth-order valence-corrected chi connectivity index (χ4v) is 10.7. The molecule has 1 aliphatic heterocycles. The molecule has 0 unspecified atom stereocenters. The smallest absolute Gasteiger partial charge is 0.0623 e. The first-order chi connectivity index (χ1) is 20.1. The standard InChI is InChI=1S/C40H28Si/c1-41(2)36-15-4-3-12-32(36)34-14-7-13-33-31(22-23-37(41)40(33)34)29-11-6-10-28(24-29)30-20-18-27-17-16-25-8-5-9-26-19-21-35(30)39(27)38(25)26/h3-24H,1-2H3. The molecule has 0 amide bonds. The highest BCUT2D eigenvalue weighted by Crippen LogP contribution is 2.42. The van der Waals surface area contributed by atoms with E-state index in [0.29, 0.717) is 0 Å². The molecule has 9 rings (SSSR count). The summed E-state index contributed by atoms with van der Waals surface area (Å²) in [6, 6.07) is 50.3. The highest BCUT2D eigenvalue weighted by atomic mass is 28.3. The third-order valence-corrected chi connectivity index (χ3v) is 13.2. The maximum Gasteiger partial charge on any atom is 0.113 e. The van der Waals surface area contributed by atoms with E-state index in [1.54, 1.807) is 10.4 Å². The van der Waals surface area contributed by atoms with Gasteiger partial charge in [0.15, 0.2) is 0 Å². The molecule has 0 N–H and O–H groups in total. The monoisotopic (exact) mass is 536 g/mol. The van der Waals surface area contributed by atoms with Gasteiger partial charge in [-0.2, -0.15) is 0 Å². The van der Waals surface area contributed by atoms with Gasteiger partial charge in [-0.1, -0.05) is 140 Å². The molecule has 0 atom stereocenters. The van der Waals surface area contributed by atoms with Gasteiger partial charge in [-0.05, 0) is 92.9 Å². The van der Waals surface area contributed by atoms with Crippen LogP contribution in [0.15, 0.2) is 133 Å². The minimum Gasteiger partial charge on any atom is -0.0623 e. The van der Waals surface area contributed by atoms with Crippen LogP contribution in [0.3, 0.4) is 0 Å². The molecule has 0 bridgehead atoms. The lowest BCUT2D eigenvalue weighted by Crippen LogP contribution is -2.55. The zero-order valence-electron chi connectivity index (χ0n) is 23.2. The molecule has 0 radical (unpaired) electrons. The lowest BCUT2D eigenvalue weighted by Gasteiger charge is -2.34. The number of rotatable bonds is 2. The molecule has 1 heteroatoms. The second kappa shape index (κ2) is 8.16. The highest BCUT2D eigenvalue weighted by molar-refractivity contribution is 7.03. The third-order valence-electron chi connectivity index (χ3n) is 9.62. The van der Waals surface area contributed by atoms with Crippen molar-refractivity contribution in [1.29, 1.82) is 0 Å². The molecule has 0 nitrogen and oxygen atoms in total. The first-order valence-corrected chi connectivity index (χ1v) is 17.5. The second-order valence-electron chi connectivity index (χ2n) is 12.1. The Morgan fingerprint density at radius 3 is 1.76 bits per heavy atom. The van der Waals surface area contributed by atoms with Gasteiger partial charge in [0.05, 0.1) is 0 Å². The van der Waals surface area contributed by atoms with E-state index in [9.17, 15) is 0 Å². The Labute approximate surface area is 240 Å². The molecular formula is C40H28Si. The molecule has 1 heterocycles. The quantitative estimate of drug-likeness (QED) is 0.152. The maximum atomic E-state index is 2.50. The summed E-state index contributed by atoms with van der Waals surface area (Å²) in [5.74, 6) is 0. The van der Waals surface area contributed by atoms with Crippen LogP contribution in [-0.2, 0) is 0 Å². The van der Waals surface area contributed by atoms with Crippen molar-refractivity contribution in [3.8, 4) is 33.4 Å². The molecule has 0 spiro atoms. The van der Waals surface area contributed by atoms with E-state index >= 15 is 0 Å². The Balaban J connectivity index is 1.28.